The Balaban J connectivity index is 2.09. The van der Waals surface area contributed by atoms with Gasteiger partial charge in [-0.25, -0.2) is 0 Å². The van der Waals surface area contributed by atoms with Crippen molar-refractivity contribution >= 4 is 5.91 Å². The standard InChI is InChI=1S/C14H26N2O2/c1-14(8-4-5-9-15-14)13(18)16-10-6-2-3-7-12(16)11-17/h12,15,17H,2-11H2,1H3. The normalized spacial score (nSPS) is 34.1. The summed E-state index contributed by atoms with van der Waals surface area (Å²) in [5.74, 6) is 0.197. The van der Waals surface area contributed by atoms with Crippen LogP contribution in [0.5, 0.6) is 0 Å². The summed E-state index contributed by atoms with van der Waals surface area (Å²) in [7, 11) is 0. The molecule has 0 aliphatic carbocycles. The summed E-state index contributed by atoms with van der Waals surface area (Å²) in [5.41, 5.74) is -0.407. The molecule has 0 aromatic heterocycles. The zero-order chi connectivity index (χ0) is 13.0. The van der Waals surface area contributed by atoms with Gasteiger partial charge in [-0.05, 0) is 45.6 Å². The third kappa shape index (κ3) is 2.86. The third-order valence-electron chi connectivity index (χ3n) is 4.44. The molecule has 4 heteroatoms. The molecule has 0 bridgehead atoms. The number of hydrogen-bond donors (Lipinski definition) is 2. The van der Waals surface area contributed by atoms with E-state index in [-0.39, 0.29) is 18.6 Å². The quantitative estimate of drug-likeness (QED) is 0.780. The van der Waals surface area contributed by atoms with E-state index in [0.717, 1.165) is 51.6 Å². The van der Waals surface area contributed by atoms with Crippen molar-refractivity contribution in [3.05, 3.63) is 0 Å². The average molecular weight is 254 g/mol. The number of rotatable bonds is 2. The highest BCUT2D eigenvalue weighted by Crippen LogP contribution is 2.25. The molecule has 0 spiro atoms. The van der Waals surface area contributed by atoms with E-state index in [0.29, 0.717) is 0 Å². The maximum atomic E-state index is 12.7. The molecule has 0 radical (unpaired) electrons. The van der Waals surface area contributed by atoms with Gasteiger partial charge in [-0.15, -0.1) is 0 Å². The molecular weight excluding hydrogens is 228 g/mol. The molecule has 2 heterocycles. The van der Waals surface area contributed by atoms with E-state index < -0.39 is 5.54 Å². The predicted molar refractivity (Wildman–Crippen MR) is 71.3 cm³/mol. The fourth-order valence-electron chi connectivity index (χ4n) is 3.19. The second-order valence-electron chi connectivity index (χ2n) is 5.90. The Morgan fingerprint density at radius 2 is 2.17 bits per heavy atom. The lowest BCUT2D eigenvalue weighted by molar-refractivity contribution is -0.142. The Morgan fingerprint density at radius 1 is 1.33 bits per heavy atom. The molecule has 2 aliphatic heterocycles. The van der Waals surface area contributed by atoms with Crippen LogP contribution >= 0.6 is 0 Å². The second kappa shape index (κ2) is 6.02. The van der Waals surface area contributed by atoms with Gasteiger partial charge in [-0.2, -0.15) is 0 Å². The molecule has 4 nitrogen and oxygen atoms in total. The van der Waals surface area contributed by atoms with Crippen LogP contribution in [0.25, 0.3) is 0 Å². The van der Waals surface area contributed by atoms with Gasteiger partial charge in [-0.1, -0.05) is 12.8 Å². The van der Waals surface area contributed by atoms with Gasteiger partial charge in [-0.3, -0.25) is 4.79 Å². The van der Waals surface area contributed by atoms with Crippen molar-refractivity contribution in [2.45, 2.75) is 63.5 Å². The first-order valence-electron chi connectivity index (χ1n) is 7.34. The van der Waals surface area contributed by atoms with E-state index in [1.807, 2.05) is 11.8 Å². The summed E-state index contributed by atoms with van der Waals surface area (Å²) in [4.78, 5) is 14.7. The highest BCUT2D eigenvalue weighted by molar-refractivity contribution is 5.86. The van der Waals surface area contributed by atoms with Crippen molar-refractivity contribution in [1.29, 1.82) is 0 Å². The van der Waals surface area contributed by atoms with Crippen LogP contribution in [0, 0.1) is 0 Å². The summed E-state index contributed by atoms with van der Waals surface area (Å²) >= 11 is 0. The molecule has 1 amide bonds. The summed E-state index contributed by atoms with van der Waals surface area (Å²) in [5, 5.41) is 12.9. The maximum Gasteiger partial charge on any atom is 0.242 e. The number of nitrogens with one attached hydrogen (secondary N) is 1. The molecule has 2 fully saturated rings. The van der Waals surface area contributed by atoms with Crippen molar-refractivity contribution in [1.82, 2.24) is 10.2 Å². The molecular formula is C14H26N2O2. The highest BCUT2D eigenvalue weighted by Gasteiger charge is 2.39. The van der Waals surface area contributed by atoms with Crippen molar-refractivity contribution in [3.63, 3.8) is 0 Å². The van der Waals surface area contributed by atoms with Gasteiger partial charge in [0.2, 0.25) is 5.91 Å². The minimum absolute atomic E-state index is 0.0283. The number of hydrogen-bond acceptors (Lipinski definition) is 3. The van der Waals surface area contributed by atoms with Crippen LogP contribution in [0.2, 0.25) is 0 Å². The number of nitrogens with zero attached hydrogens (tertiary/aromatic N) is 1. The Kier molecular flexibility index (Phi) is 4.62. The summed E-state index contributed by atoms with van der Waals surface area (Å²) in [6.07, 6.45) is 7.50. The minimum Gasteiger partial charge on any atom is -0.394 e. The first-order chi connectivity index (χ1) is 8.67. The number of carbonyl (C=O) groups is 1. The molecule has 2 aliphatic rings. The van der Waals surface area contributed by atoms with Crippen LogP contribution in [0.3, 0.4) is 0 Å². The molecule has 2 unspecified atom stereocenters. The van der Waals surface area contributed by atoms with Gasteiger partial charge in [0, 0.05) is 6.54 Å². The van der Waals surface area contributed by atoms with Gasteiger partial charge < -0.3 is 15.3 Å². The molecule has 18 heavy (non-hydrogen) atoms. The maximum absolute atomic E-state index is 12.7. The lowest BCUT2D eigenvalue weighted by Gasteiger charge is -2.40. The smallest absolute Gasteiger partial charge is 0.242 e. The van der Waals surface area contributed by atoms with E-state index >= 15 is 0 Å². The van der Waals surface area contributed by atoms with Gasteiger partial charge >= 0.3 is 0 Å². The molecule has 0 saturated carbocycles. The first-order valence-corrected chi connectivity index (χ1v) is 7.34. The number of amides is 1. The number of aliphatic hydroxyl groups excluding tert-OH is 1. The van der Waals surface area contributed by atoms with Crippen LogP contribution in [-0.4, -0.2) is 47.2 Å². The zero-order valence-electron chi connectivity index (χ0n) is 11.5. The van der Waals surface area contributed by atoms with E-state index in [1.54, 1.807) is 0 Å². The van der Waals surface area contributed by atoms with Crippen molar-refractivity contribution in [2.75, 3.05) is 19.7 Å². The highest BCUT2D eigenvalue weighted by atomic mass is 16.3. The van der Waals surface area contributed by atoms with Crippen LogP contribution in [0.1, 0.15) is 51.9 Å². The summed E-state index contributed by atoms with van der Waals surface area (Å²) in [6.45, 7) is 3.86. The first kappa shape index (κ1) is 13.8. The SMILES string of the molecule is CC1(C(=O)N2CCCCCC2CO)CCCCN1. The van der Waals surface area contributed by atoms with Crippen LogP contribution in [-0.2, 0) is 4.79 Å². The monoisotopic (exact) mass is 254 g/mol. The van der Waals surface area contributed by atoms with Crippen molar-refractivity contribution < 1.29 is 9.90 Å². The van der Waals surface area contributed by atoms with E-state index in [4.69, 9.17) is 0 Å². The van der Waals surface area contributed by atoms with Gasteiger partial charge in [0.05, 0.1) is 18.2 Å². The van der Waals surface area contributed by atoms with Crippen LogP contribution in [0.4, 0.5) is 0 Å². The van der Waals surface area contributed by atoms with Gasteiger partial charge in [0.15, 0.2) is 0 Å². The second-order valence-corrected chi connectivity index (χ2v) is 5.90. The van der Waals surface area contributed by atoms with Crippen LogP contribution < -0.4 is 5.32 Å². The predicted octanol–water partition coefficient (Wildman–Crippen LogP) is 1.28. The summed E-state index contributed by atoms with van der Waals surface area (Å²) in [6, 6.07) is 0.0283. The Bertz CT molecular complexity index is 288. The van der Waals surface area contributed by atoms with Gasteiger partial charge in [0.25, 0.3) is 0 Å². The number of aliphatic hydroxyl groups is 1. The summed E-state index contributed by atoms with van der Waals surface area (Å²) < 4.78 is 0. The molecule has 104 valence electrons. The lowest BCUT2D eigenvalue weighted by atomic mass is 9.89. The topological polar surface area (TPSA) is 52.6 Å². The fraction of sp³-hybridized carbons (Fsp3) is 0.929. The number of carbonyl (C=O) groups excluding carboxylic acids is 1. The Labute approximate surface area is 110 Å². The van der Waals surface area contributed by atoms with Crippen LogP contribution in [0.15, 0.2) is 0 Å². The molecule has 2 saturated heterocycles. The molecule has 2 N–H and O–H groups in total. The van der Waals surface area contributed by atoms with E-state index in [1.165, 1.54) is 6.42 Å². The van der Waals surface area contributed by atoms with E-state index in [2.05, 4.69) is 5.32 Å². The van der Waals surface area contributed by atoms with Crippen molar-refractivity contribution in [3.8, 4) is 0 Å². The zero-order valence-corrected chi connectivity index (χ0v) is 11.5. The molecule has 0 aromatic carbocycles. The largest absolute Gasteiger partial charge is 0.394 e. The molecule has 0 aromatic rings. The number of piperidine rings is 1. The molecule has 2 rings (SSSR count). The van der Waals surface area contributed by atoms with Crippen molar-refractivity contribution in [2.24, 2.45) is 0 Å². The Hall–Kier alpha value is -0.610. The fourth-order valence-corrected chi connectivity index (χ4v) is 3.19. The van der Waals surface area contributed by atoms with E-state index in [9.17, 15) is 9.90 Å². The third-order valence-corrected chi connectivity index (χ3v) is 4.44. The Morgan fingerprint density at radius 3 is 2.83 bits per heavy atom. The molecule has 2 atom stereocenters. The van der Waals surface area contributed by atoms with Gasteiger partial charge in [0.1, 0.15) is 0 Å². The lowest BCUT2D eigenvalue weighted by Crippen LogP contribution is -2.60. The number of likely N-dealkylation sites (tertiary alicyclic amines) is 1. The average Bonchev–Trinajstić information content (AvgIpc) is 2.63. The minimum atomic E-state index is -0.407.